The normalized spacial score (nSPS) is 11.4. The van der Waals surface area contributed by atoms with Crippen molar-refractivity contribution >= 4 is 5.91 Å². The van der Waals surface area contributed by atoms with Gasteiger partial charge in [0, 0.05) is 12.1 Å². The van der Waals surface area contributed by atoms with Crippen LogP contribution in [0.25, 0.3) is 0 Å². The summed E-state index contributed by atoms with van der Waals surface area (Å²) in [5.41, 5.74) is 5.47. The van der Waals surface area contributed by atoms with Gasteiger partial charge in [-0.15, -0.1) is 0 Å². The number of nitrogens with two attached hydrogens (primary N) is 1. The van der Waals surface area contributed by atoms with E-state index in [0.29, 0.717) is 13.1 Å². The van der Waals surface area contributed by atoms with Gasteiger partial charge in [-0.05, 0) is 30.9 Å². The molecule has 0 aliphatic heterocycles. The molecule has 0 spiro atoms. The maximum absolute atomic E-state index is 13.4. The summed E-state index contributed by atoms with van der Waals surface area (Å²) in [6, 6.07) is 3.84. The third kappa shape index (κ3) is 5.25. The zero-order valence-corrected chi connectivity index (χ0v) is 12.0. The predicted molar refractivity (Wildman–Crippen MR) is 75.1 cm³/mol. The zero-order valence-electron chi connectivity index (χ0n) is 12.0. The molecule has 0 atom stereocenters. The number of benzene rings is 1. The zero-order chi connectivity index (χ0) is 15.2. The minimum absolute atomic E-state index is 0.0600. The summed E-state index contributed by atoms with van der Waals surface area (Å²) in [4.78, 5) is 11.8. The van der Waals surface area contributed by atoms with Crippen LogP contribution in [0.1, 0.15) is 32.3 Å². The lowest BCUT2D eigenvalue weighted by molar-refractivity contribution is -0.120. The summed E-state index contributed by atoms with van der Waals surface area (Å²) < 4.78 is 26.5. The second-order valence-corrected chi connectivity index (χ2v) is 5.72. The Kier molecular flexibility index (Phi) is 6.07. The summed E-state index contributed by atoms with van der Waals surface area (Å²) in [5.74, 6) is -2.20. The van der Waals surface area contributed by atoms with Crippen LogP contribution in [-0.2, 0) is 11.2 Å². The molecule has 112 valence electrons. The molecule has 0 saturated heterocycles. The topological polar surface area (TPSA) is 55.1 Å². The van der Waals surface area contributed by atoms with E-state index in [1.165, 1.54) is 12.1 Å². The standard InChI is InChI=1S/C15H22F2N2O/c1-15(2,7-4-8-18)10-19-13(20)9-11-5-3-6-12(16)14(11)17/h3,5-6H,4,7-10,18H2,1-2H3,(H,19,20). The van der Waals surface area contributed by atoms with Crippen molar-refractivity contribution in [3.8, 4) is 0 Å². The number of hydrogen-bond acceptors (Lipinski definition) is 2. The van der Waals surface area contributed by atoms with Crippen molar-refractivity contribution in [1.82, 2.24) is 5.32 Å². The third-order valence-corrected chi connectivity index (χ3v) is 3.20. The van der Waals surface area contributed by atoms with Gasteiger partial charge < -0.3 is 11.1 Å². The van der Waals surface area contributed by atoms with Crippen LogP contribution in [0.3, 0.4) is 0 Å². The summed E-state index contributed by atoms with van der Waals surface area (Å²) in [7, 11) is 0. The van der Waals surface area contributed by atoms with Crippen molar-refractivity contribution in [3.05, 3.63) is 35.4 Å². The lowest BCUT2D eigenvalue weighted by Gasteiger charge is -2.24. The number of nitrogens with one attached hydrogen (secondary N) is 1. The van der Waals surface area contributed by atoms with E-state index in [1.807, 2.05) is 13.8 Å². The molecule has 0 heterocycles. The number of carbonyl (C=O) groups excluding carboxylic acids is 1. The number of rotatable bonds is 7. The molecule has 3 N–H and O–H groups in total. The molecule has 1 amide bonds. The molecular formula is C15H22F2N2O. The summed E-state index contributed by atoms with van der Waals surface area (Å²) in [6.07, 6.45) is 1.63. The molecule has 0 saturated carbocycles. The second-order valence-electron chi connectivity index (χ2n) is 5.72. The van der Waals surface area contributed by atoms with Gasteiger partial charge in [0.05, 0.1) is 6.42 Å². The van der Waals surface area contributed by atoms with E-state index in [1.54, 1.807) is 0 Å². The van der Waals surface area contributed by atoms with Crippen molar-refractivity contribution in [2.45, 2.75) is 33.1 Å². The maximum atomic E-state index is 13.4. The Labute approximate surface area is 118 Å². The first-order valence-electron chi connectivity index (χ1n) is 6.75. The fourth-order valence-corrected chi connectivity index (χ4v) is 1.93. The Morgan fingerprint density at radius 3 is 2.70 bits per heavy atom. The number of carbonyl (C=O) groups is 1. The highest BCUT2D eigenvalue weighted by Gasteiger charge is 2.19. The van der Waals surface area contributed by atoms with Gasteiger partial charge in [-0.25, -0.2) is 8.78 Å². The van der Waals surface area contributed by atoms with Crippen LogP contribution in [0.2, 0.25) is 0 Å². The number of amides is 1. The van der Waals surface area contributed by atoms with E-state index in [2.05, 4.69) is 5.32 Å². The summed E-state index contributed by atoms with van der Waals surface area (Å²) in [6.45, 7) is 5.17. The Bertz CT molecular complexity index is 461. The SMILES string of the molecule is CC(C)(CCCN)CNC(=O)Cc1cccc(F)c1F. The maximum Gasteiger partial charge on any atom is 0.224 e. The average molecular weight is 284 g/mol. The third-order valence-electron chi connectivity index (χ3n) is 3.20. The van der Waals surface area contributed by atoms with Crippen LogP contribution in [0, 0.1) is 17.0 Å². The molecule has 5 heteroatoms. The molecule has 0 bridgehead atoms. The molecule has 20 heavy (non-hydrogen) atoms. The van der Waals surface area contributed by atoms with Crippen LogP contribution < -0.4 is 11.1 Å². The predicted octanol–water partition coefficient (Wildman–Crippen LogP) is 2.39. The molecule has 1 rings (SSSR count). The van der Waals surface area contributed by atoms with Gasteiger partial charge in [-0.3, -0.25) is 4.79 Å². The average Bonchev–Trinajstić information content (AvgIpc) is 2.40. The largest absolute Gasteiger partial charge is 0.355 e. The van der Waals surface area contributed by atoms with Crippen LogP contribution in [-0.4, -0.2) is 19.0 Å². The molecule has 0 radical (unpaired) electrons. The van der Waals surface area contributed by atoms with Crippen LogP contribution >= 0.6 is 0 Å². The molecule has 0 unspecified atom stereocenters. The van der Waals surface area contributed by atoms with Crippen LogP contribution in [0.4, 0.5) is 8.78 Å². The second kappa shape index (κ2) is 7.33. The first-order chi connectivity index (χ1) is 9.35. The minimum Gasteiger partial charge on any atom is -0.355 e. The fraction of sp³-hybridized carbons (Fsp3) is 0.533. The van der Waals surface area contributed by atoms with E-state index < -0.39 is 11.6 Å². The van der Waals surface area contributed by atoms with Gasteiger partial charge in [0.2, 0.25) is 5.91 Å². The number of halogens is 2. The molecule has 0 aromatic heterocycles. The molecule has 0 aliphatic carbocycles. The highest BCUT2D eigenvalue weighted by atomic mass is 19.2. The van der Waals surface area contributed by atoms with Crippen molar-refractivity contribution in [1.29, 1.82) is 0 Å². The Morgan fingerprint density at radius 1 is 1.35 bits per heavy atom. The first-order valence-corrected chi connectivity index (χ1v) is 6.75. The minimum atomic E-state index is -0.954. The Hall–Kier alpha value is -1.49. The van der Waals surface area contributed by atoms with Crippen molar-refractivity contribution in [2.75, 3.05) is 13.1 Å². The lowest BCUT2D eigenvalue weighted by Crippen LogP contribution is -2.35. The van der Waals surface area contributed by atoms with Gasteiger partial charge in [0.1, 0.15) is 0 Å². The van der Waals surface area contributed by atoms with E-state index in [-0.39, 0.29) is 23.3 Å². The Balaban J connectivity index is 2.50. The molecule has 1 aromatic rings. The summed E-state index contributed by atoms with van der Waals surface area (Å²) in [5, 5.41) is 2.76. The Morgan fingerprint density at radius 2 is 2.05 bits per heavy atom. The quantitative estimate of drug-likeness (QED) is 0.807. The van der Waals surface area contributed by atoms with Crippen LogP contribution in [0.5, 0.6) is 0 Å². The molecule has 0 aliphatic rings. The van der Waals surface area contributed by atoms with Gasteiger partial charge in [0.15, 0.2) is 11.6 Å². The first kappa shape index (κ1) is 16.6. The number of hydrogen-bond donors (Lipinski definition) is 2. The van der Waals surface area contributed by atoms with Crippen molar-refractivity contribution < 1.29 is 13.6 Å². The van der Waals surface area contributed by atoms with E-state index in [4.69, 9.17) is 5.73 Å². The van der Waals surface area contributed by atoms with E-state index >= 15 is 0 Å². The fourth-order valence-electron chi connectivity index (χ4n) is 1.93. The molecular weight excluding hydrogens is 262 g/mol. The van der Waals surface area contributed by atoms with Crippen molar-refractivity contribution in [3.63, 3.8) is 0 Å². The highest BCUT2D eigenvalue weighted by Crippen LogP contribution is 2.20. The molecule has 3 nitrogen and oxygen atoms in total. The highest BCUT2D eigenvalue weighted by molar-refractivity contribution is 5.78. The molecule has 1 aromatic carbocycles. The monoisotopic (exact) mass is 284 g/mol. The lowest BCUT2D eigenvalue weighted by atomic mass is 9.87. The van der Waals surface area contributed by atoms with Gasteiger partial charge in [-0.2, -0.15) is 0 Å². The molecule has 0 fully saturated rings. The van der Waals surface area contributed by atoms with Gasteiger partial charge >= 0.3 is 0 Å². The van der Waals surface area contributed by atoms with E-state index in [0.717, 1.165) is 18.9 Å². The summed E-state index contributed by atoms with van der Waals surface area (Å²) >= 11 is 0. The van der Waals surface area contributed by atoms with Crippen molar-refractivity contribution in [2.24, 2.45) is 11.1 Å². The smallest absolute Gasteiger partial charge is 0.224 e. The van der Waals surface area contributed by atoms with Gasteiger partial charge in [0.25, 0.3) is 0 Å². The van der Waals surface area contributed by atoms with Gasteiger partial charge in [-0.1, -0.05) is 26.0 Å². The van der Waals surface area contributed by atoms with Crippen LogP contribution in [0.15, 0.2) is 18.2 Å². The van der Waals surface area contributed by atoms with E-state index in [9.17, 15) is 13.6 Å².